The van der Waals surface area contributed by atoms with Crippen molar-refractivity contribution in [1.82, 2.24) is 10.6 Å². The minimum Gasteiger partial charge on any atom is -0.380 e. The van der Waals surface area contributed by atoms with Gasteiger partial charge >= 0.3 is 0 Å². The third kappa shape index (κ3) is 7.32. The van der Waals surface area contributed by atoms with Crippen LogP contribution in [0.5, 0.6) is 0 Å². The molecule has 0 atom stereocenters. The molecule has 0 amide bonds. The Balaban J connectivity index is 0.00000264. The number of thiophene rings is 1. The van der Waals surface area contributed by atoms with Crippen LogP contribution in [-0.4, -0.2) is 19.6 Å². The number of halogens is 1. The highest BCUT2D eigenvalue weighted by atomic mass is 127. The molecule has 0 bridgehead atoms. The van der Waals surface area contributed by atoms with Crippen molar-refractivity contribution in [2.24, 2.45) is 4.99 Å². The van der Waals surface area contributed by atoms with Crippen molar-refractivity contribution >= 4 is 41.3 Å². The molecule has 0 unspecified atom stereocenters. The molecule has 2 N–H and O–H groups in total. The van der Waals surface area contributed by atoms with Gasteiger partial charge in [-0.05, 0) is 40.4 Å². The second kappa shape index (κ2) is 11.4. The summed E-state index contributed by atoms with van der Waals surface area (Å²) in [5.41, 5.74) is 3.64. The zero-order valence-corrected chi connectivity index (χ0v) is 16.7. The van der Waals surface area contributed by atoms with Gasteiger partial charge in [0.05, 0.1) is 13.2 Å². The Morgan fingerprint density at radius 1 is 1.17 bits per heavy atom. The molecule has 0 aliphatic heterocycles. The van der Waals surface area contributed by atoms with E-state index in [0.29, 0.717) is 13.2 Å². The van der Waals surface area contributed by atoms with Gasteiger partial charge in [0, 0.05) is 20.2 Å². The number of nitrogens with one attached hydrogen (secondary N) is 2. The number of benzene rings is 1. The van der Waals surface area contributed by atoms with Crippen LogP contribution in [0.1, 0.15) is 23.6 Å². The fraction of sp³-hybridized carbons (Fsp3) is 0.353. The van der Waals surface area contributed by atoms with Gasteiger partial charge in [0.1, 0.15) is 0 Å². The second-order valence-electron chi connectivity index (χ2n) is 4.93. The number of guanidine groups is 1. The SMILES string of the molecule is CCNC(=NCc1ccsc1)NCc1cccc(COC)c1.I. The van der Waals surface area contributed by atoms with E-state index < -0.39 is 0 Å². The summed E-state index contributed by atoms with van der Waals surface area (Å²) in [6, 6.07) is 10.5. The van der Waals surface area contributed by atoms with Crippen molar-refractivity contribution in [2.75, 3.05) is 13.7 Å². The first-order valence-corrected chi connectivity index (χ1v) is 8.36. The minimum atomic E-state index is 0. The van der Waals surface area contributed by atoms with Gasteiger partial charge in [-0.2, -0.15) is 11.3 Å². The number of hydrogen-bond donors (Lipinski definition) is 2. The van der Waals surface area contributed by atoms with E-state index in [4.69, 9.17) is 4.74 Å². The lowest BCUT2D eigenvalue weighted by Crippen LogP contribution is -2.36. The van der Waals surface area contributed by atoms with E-state index in [1.165, 1.54) is 16.7 Å². The van der Waals surface area contributed by atoms with Gasteiger partial charge in [-0.25, -0.2) is 4.99 Å². The summed E-state index contributed by atoms with van der Waals surface area (Å²) in [6.45, 7) is 5.00. The number of rotatable bonds is 7. The average Bonchev–Trinajstić information content (AvgIpc) is 3.04. The van der Waals surface area contributed by atoms with E-state index in [1.807, 2.05) is 0 Å². The van der Waals surface area contributed by atoms with Crippen molar-refractivity contribution in [1.29, 1.82) is 0 Å². The number of hydrogen-bond acceptors (Lipinski definition) is 3. The van der Waals surface area contributed by atoms with Gasteiger partial charge in [0.15, 0.2) is 5.96 Å². The lowest BCUT2D eigenvalue weighted by Gasteiger charge is -2.12. The van der Waals surface area contributed by atoms with Crippen LogP contribution in [0.25, 0.3) is 0 Å². The number of methoxy groups -OCH3 is 1. The molecule has 2 rings (SSSR count). The molecule has 1 aromatic carbocycles. The highest BCUT2D eigenvalue weighted by Crippen LogP contribution is 2.08. The highest BCUT2D eigenvalue weighted by Gasteiger charge is 2.00. The van der Waals surface area contributed by atoms with Crippen LogP contribution in [0.2, 0.25) is 0 Å². The molecule has 23 heavy (non-hydrogen) atoms. The fourth-order valence-electron chi connectivity index (χ4n) is 2.08. The number of ether oxygens (including phenoxy) is 1. The normalized spacial score (nSPS) is 11.0. The van der Waals surface area contributed by atoms with Crippen molar-refractivity contribution in [3.05, 3.63) is 57.8 Å². The predicted molar refractivity (Wildman–Crippen MR) is 109 cm³/mol. The third-order valence-electron chi connectivity index (χ3n) is 3.11. The Labute approximate surface area is 159 Å². The van der Waals surface area contributed by atoms with Crippen LogP contribution in [0.15, 0.2) is 46.1 Å². The lowest BCUT2D eigenvalue weighted by atomic mass is 10.1. The molecule has 4 nitrogen and oxygen atoms in total. The van der Waals surface area contributed by atoms with E-state index in [0.717, 1.165) is 19.0 Å². The van der Waals surface area contributed by atoms with Gasteiger partial charge < -0.3 is 15.4 Å². The largest absolute Gasteiger partial charge is 0.380 e. The van der Waals surface area contributed by atoms with Crippen LogP contribution in [-0.2, 0) is 24.4 Å². The Kier molecular flexibility index (Phi) is 9.89. The summed E-state index contributed by atoms with van der Waals surface area (Å²) in [5, 5.41) is 10.8. The summed E-state index contributed by atoms with van der Waals surface area (Å²) in [4.78, 5) is 4.61. The van der Waals surface area contributed by atoms with E-state index in [1.54, 1.807) is 18.4 Å². The average molecular weight is 445 g/mol. The van der Waals surface area contributed by atoms with E-state index in [-0.39, 0.29) is 24.0 Å². The summed E-state index contributed by atoms with van der Waals surface area (Å²) < 4.78 is 5.17. The van der Waals surface area contributed by atoms with Crippen LogP contribution in [0, 0.1) is 0 Å². The third-order valence-corrected chi connectivity index (χ3v) is 3.84. The lowest BCUT2D eigenvalue weighted by molar-refractivity contribution is 0.185. The van der Waals surface area contributed by atoms with Gasteiger partial charge in [0.25, 0.3) is 0 Å². The molecular formula is C17H24IN3OS. The molecule has 0 aliphatic rings. The maximum Gasteiger partial charge on any atom is 0.191 e. The Morgan fingerprint density at radius 2 is 2.00 bits per heavy atom. The summed E-state index contributed by atoms with van der Waals surface area (Å²) in [7, 11) is 1.71. The number of aliphatic imine (C=N–C) groups is 1. The smallest absolute Gasteiger partial charge is 0.191 e. The van der Waals surface area contributed by atoms with Gasteiger partial charge in [-0.15, -0.1) is 24.0 Å². The predicted octanol–water partition coefficient (Wildman–Crippen LogP) is 3.77. The zero-order chi connectivity index (χ0) is 15.6. The molecule has 0 saturated carbocycles. The highest BCUT2D eigenvalue weighted by molar-refractivity contribution is 14.0. The molecule has 1 aromatic heterocycles. The first kappa shape index (κ1) is 19.9. The zero-order valence-electron chi connectivity index (χ0n) is 13.5. The van der Waals surface area contributed by atoms with Crippen molar-refractivity contribution in [2.45, 2.75) is 26.6 Å². The molecule has 126 valence electrons. The van der Waals surface area contributed by atoms with Gasteiger partial charge in [-0.1, -0.05) is 24.3 Å². The van der Waals surface area contributed by atoms with E-state index >= 15 is 0 Å². The molecule has 0 fully saturated rings. The minimum absolute atomic E-state index is 0. The summed E-state index contributed by atoms with van der Waals surface area (Å²) in [6.07, 6.45) is 0. The molecule has 0 radical (unpaired) electrons. The second-order valence-corrected chi connectivity index (χ2v) is 5.71. The number of nitrogens with zero attached hydrogens (tertiary/aromatic N) is 1. The Bertz CT molecular complexity index is 587. The monoisotopic (exact) mass is 445 g/mol. The van der Waals surface area contributed by atoms with Crippen molar-refractivity contribution in [3.63, 3.8) is 0 Å². The maximum atomic E-state index is 5.17. The van der Waals surface area contributed by atoms with Crippen LogP contribution in [0.3, 0.4) is 0 Å². The molecule has 6 heteroatoms. The van der Waals surface area contributed by atoms with Crippen molar-refractivity contribution in [3.8, 4) is 0 Å². The fourth-order valence-corrected chi connectivity index (χ4v) is 2.74. The quantitative estimate of drug-likeness (QED) is 0.388. The van der Waals surface area contributed by atoms with Gasteiger partial charge in [0.2, 0.25) is 0 Å². The van der Waals surface area contributed by atoms with Gasteiger partial charge in [-0.3, -0.25) is 0 Å². The Morgan fingerprint density at radius 3 is 2.70 bits per heavy atom. The topological polar surface area (TPSA) is 45.7 Å². The van der Waals surface area contributed by atoms with Crippen LogP contribution >= 0.6 is 35.3 Å². The Hall–Kier alpha value is -1.12. The van der Waals surface area contributed by atoms with Crippen LogP contribution in [0.4, 0.5) is 0 Å². The van der Waals surface area contributed by atoms with Crippen LogP contribution < -0.4 is 10.6 Å². The molecule has 0 spiro atoms. The molecule has 0 saturated heterocycles. The summed E-state index contributed by atoms with van der Waals surface area (Å²) >= 11 is 1.70. The standard InChI is InChI=1S/C17H23N3OS.HI/c1-3-18-17(20-11-16-7-8-22-13-16)19-10-14-5-4-6-15(9-14)12-21-2;/h4-9,13H,3,10-12H2,1-2H3,(H2,18,19,20);1H. The molecular weight excluding hydrogens is 421 g/mol. The maximum absolute atomic E-state index is 5.17. The molecule has 1 heterocycles. The first-order valence-electron chi connectivity index (χ1n) is 7.42. The molecule has 2 aromatic rings. The van der Waals surface area contributed by atoms with E-state index in [9.17, 15) is 0 Å². The first-order chi connectivity index (χ1) is 10.8. The summed E-state index contributed by atoms with van der Waals surface area (Å²) in [5.74, 6) is 0.839. The van der Waals surface area contributed by atoms with E-state index in [2.05, 4.69) is 63.6 Å². The molecule has 0 aliphatic carbocycles. The van der Waals surface area contributed by atoms with Crippen molar-refractivity contribution < 1.29 is 4.74 Å².